The van der Waals surface area contributed by atoms with Gasteiger partial charge in [0.1, 0.15) is 0 Å². The number of benzene rings is 9. The Morgan fingerprint density at radius 1 is 0.352 bits per heavy atom. The predicted molar refractivity (Wildman–Crippen MR) is 226 cm³/mol. The molecule has 0 atom stereocenters. The van der Waals surface area contributed by atoms with Crippen molar-refractivity contribution in [2.24, 2.45) is 0 Å². The Morgan fingerprint density at radius 3 is 1.91 bits per heavy atom. The van der Waals surface area contributed by atoms with Crippen molar-refractivity contribution in [2.75, 3.05) is 0 Å². The minimum Gasteiger partial charge on any atom is -0.309 e. The molecule has 0 N–H and O–H groups in total. The summed E-state index contributed by atoms with van der Waals surface area (Å²) in [6.07, 6.45) is 0. The first-order valence-corrected chi connectivity index (χ1v) is 18.4. The molecule has 0 radical (unpaired) electrons. The second-order valence-corrected chi connectivity index (χ2v) is 14.2. The van der Waals surface area contributed by atoms with Crippen LogP contribution in [0.25, 0.3) is 105 Å². The standard InChI is InChI=1S/C49H29ClN4/c50-43-20-8-14-32-28-46-42(29-41(32)43)39-16-6-7-21-44(39)54(46)45-22-10-17-37-38(45)18-9-19-40(37)49-52-47(31-12-2-1-3-13-31)51-48(53-49)34-25-26-36-33(27-34)24-23-30-11-4-5-15-35(30)36/h1-29H. The molecule has 11 rings (SSSR count). The lowest BCUT2D eigenvalue weighted by Gasteiger charge is -2.15. The Morgan fingerprint density at radius 2 is 1.00 bits per heavy atom. The second kappa shape index (κ2) is 12.1. The van der Waals surface area contributed by atoms with Gasteiger partial charge in [-0.15, -0.1) is 0 Å². The number of nitrogens with zero attached hydrogens (tertiary/aromatic N) is 4. The molecule has 0 fully saturated rings. The second-order valence-electron chi connectivity index (χ2n) is 13.8. The van der Waals surface area contributed by atoms with Gasteiger partial charge in [-0.1, -0.05) is 151 Å². The molecule has 0 spiro atoms. The smallest absolute Gasteiger partial charge is 0.164 e. The fourth-order valence-corrected chi connectivity index (χ4v) is 8.38. The van der Waals surface area contributed by atoms with Crippen LogP contribution < -0.4 is 0 Å². The summed E-state index contributed by atoms with van der Waals surface area (Å²) in [4.78, 5) is 15.4. The largest absolute Gasteiger partial charge is 0.309 e. The molecule has 4 nitrogen and oxygen atoms in total. The van der Waals surface area contributed by atoms with Crippen molar-refractivity contribution in [2.45, 2.75) is 0 Å². The minimum atomic E-state index is 0.628. The molecule has 5 heteroatoms. The van der Waals surface area contributed by atoms with Crippen molar-refractivity contribution in [3.63, 3.8) is 0 Å². The van der Waals surface area contributed by atoms with Crippen LogP contribution in [-0.4, -0.2) is 19.5 Å². The van der Waals surface area contributed by atoms with Crippen molar-refractivity contribution in [1.82, 2.24) is 19.5 Å². The van der Waals surface area contributed by atoms with Gasteiger partial charge in [-0.05, 0) is 68.7 Å². The molecule has 0 bridgehead atoms. The molecule has 54 heavy (non-hydrogen) atoms. The van der Waals surface area contributed by atoms with Crippen LogP contribution in [0.15, 0.2) is 176 Å². The van der Waals surface area contributed by atoms with Gasteiger partial charge in [0.2, 0.25) is 0 Å². The van der Waals surface area contributed by atoms with Gasteiger partial charge in [0.25, 0.3) is 0 Å². The van der Waals surface area contributed by atoms with Gasteiger partial charge in [-0.3, -0.25) is 0 Å². The van der Waals surface area contributed by atoms with E-state index in [1.807, 2.05) is 30.3 Å². The van der Waals surface area contributed by atoms with Gasteiger partial charge in [0.15, 0.2) is 17.5 Å². The molecular weight excluding hydrogens is 680 g/mol. The number of para-hydroxylation sites is 1. The highest BCUT2D eigenvalue weighted by molar-refractivity contribution is 6.36. The van der Waals surface area contributed by atoms with Gasteiger partial charge < -0.3 is 4.57 Å². The Kier molecular flexibility index (Phi) is 6.88. The number of halogens is 1. The molecule has 0 saturated carbocycles. The number of hydrogen-bond donors (Lipinski definition) is 0. The van der Waals surface area contributed by atoms with Gasteiger partial charge in [0, 0.05) is 43.3 Å². The van der Waals surface area contributed by atoms with Gasteiger partial charge in [-0.25, -0.2) is 15.0 Å². The van der Waals surface area contributed by atoms with Gasteiger partial charge >= 0.3 is 0 Å². The first kappa shape index (κ1) is 30.7. The van der Waals surface area contributed by atoms with E-state index in [-0.39, 0.29) is 0 Å². The summed E-state index contributed by atoms with van der Waals surface area (Å²) < 4.78 is 2.38. The monoisotopic (exact) mass is 708 g/mol. The maximum atomic E-state index is 6.71. The Labute approximate surface area is 315 Å². The van der Waals surface area contributed by atoms with E-state index < -0.39 is 0 Å². The average molecular weight is 709 g/mol. The van der Waals surface area contributed by atoms with E-state index in [4.69, 9.17) is 26.6 Å². The van der Waals surface area contributed by atoms with Crippen LogP contribution in [0.2, 0.25) is 5.02 Å². The number of rotatable bonds is 4. The third-order valence-electron chi connectivity index (χ3n) is 10.7. The Bertz CT molecular complexity index is 3290. The molecule has 252 valence electrons. The summed E-state index contributed by atoms with van der Waals surface area (Å²) in [5.74, 6) is 1.90. The summed E-state index contributed by atoms with van der Waals surface area (Å²) >= 11 is 6.71. The highest BCUT2D eigenvalue weighted by Gasteiger charge is 2.19. The maximum Gasteiger partial charge on any atom is 0.164 e. The highest BCUT2D eigenvalue weighted by atomic mass is 35.5. The fraction of sp³-hybridized carbons (Fsp3) is 0. The molecule has 0 aliphatic heterocycles. The quantitative estimate of drug-likeness (QED) is 0.171. The molecule has 2 heterocycles. The van der Waals surface area contributed by atoms with E-state index in [1.165, 1.54) is 21.5 Å². The first-order chi connectivity index (χ1) is 26.7. The third kappa shape index (κ3) is 4.81. The Balaban J connectivity index is 1.14. The minimum absolute atomic E-state index is 0.628. The molecule has 0 unspecified atom stereocenters. The summed E-state index contributed by atoms with van der Waals surface area (Å²) in [6.45, 7) is 0. The highest BCUT2D eigenvalue weighted by Crippen LogP contribution is 2.40. The zero-order chi connectivity index (χ0) is 35.8. The zero-order valence-corrected chi connectivity index (χ0v) is 29.7. The van der Waals surface area contributed by atoms with Crippen LogP contribution in [0.5, 0.6) is 0 Å². The number of aromatic nitrogens is 4. The number of fused-ring (bicyclic) bond motifs is 8. The summed E-state index contributed by atoms with van der Waals surface area (Å²) in [5.41, 5.74) is 6.17. The van der Waals surface area contributed by atoms with Gasteiger partial charge in [0.05, 0.1) is 16.7 Å². The van der Waals surface area contributed by atoms with E-state index in [0.717, 1.165) is 70.8 Å². The molecule has 11 aromatic rings. The van der Waals surface area contributed by atoms with E-state index in [2.05, 4.69) is 150 Å². The normalized spacial score (nSPS) is 11.8. The first-order valence-electron chi connectivity index (χ1n) is 18.1. The van der Waals surface area contributed by atoms with E-state index in [9.17, 15) is 0 Å². The van der Waals surface area contributed by atoms with Crippen molar-refractivity contribution in [3.8, 4) is 39.9 Å². The summed E-state index contributed by atoms with van der Waals surface area (Å²) in [6, 6.07) is 61.6. The van der Waals surface area contributed by atoms with Crippen LogP contribution in [0, 0.1) is 0 Å². The molecule has 2 aromatic heterocycles. The zero-order valence-electron chi connectivity index (χ0n) is 28.9. The van der Waals surface area contributed by atoms with Crippen molar-refractivity contribution >= 4 is 76.5 Å². The van der Waals surface area contributed by atoms with Crippen LogP contribution in [0.3, 0.4) is 0 Å². The molecule has 0 aliphatic rings. The van der Waals surface area contributed by atoms with Crippen LogP contribution in [-0.2, 0) is 0 Å². The van der Waals surface area contributed by atoms with Crippen molar-refractivity contribution < 1.29 is 0 Å². The third-order valence-corrected chi connectivity index (χ3v) is 11.0. The lowest BCUT2D eigenvalue weighted by Crippen LogP contribution is -2.01. The predicted octanol–water partition coefficient (Wildman–Crippen LogP) is 13.2. The van der Waals surface area contributed by atoms with E-state index in [1.54, 1.807) is 0 Å². The van der Waals surface area contributed by atoms with Crippen molar-refractivity contribution in [1.29, 1.82) is 0 Å². The number of hydrogen-bond acceptors (Lipinski definition) is 3. The van der Waals surface area contributed by atoms with E-state index >= 15 is 0 Å². The fourth-order valence-electron chi connectivity index (χ4n) is 8.14. The summed E-state index contributed by atoms with van der Waals surface area (Å²) in [7, 11) is 0. The van der Waals surface area contributed by atoms with Gasteiger partial charge in [-0.2, -0.15) is 0 Å². The SMILES string of the molecule is Clc1cccc2cc3c(cc12)c1ccccc1n3-c1cccc2c(-c3nc(-c4ccccc4)nc(-c4ccc5c(ccc6ccccc65)c4)n3)cccc12. The molecule has 0 saturated heterocycles. The lowest BCUT2D eigenvalue weighted by molar-refractivity contribution is 1.08. The molecular formula is C49H29ClN4. The molecule has 0 amide bonds. The van der Waals surface area contributed by atoms with Crippen LogP contribution >= 0.6 is 11.6 Å². The summed E-state index contributed by atoms with van der Waals surface area (Å²) in [5, 5.41) is 12.2. The molecule has 9 aromatic carbocycles. The Hall–Kier alpha value is -6.88. The lowest BCUT2D eigenvalue weighted by atomic mass is 10.00. The maximum absolute atomic E-state index is 6.71. The van der Waals surface area contributed by atoms with Crippen LogP contribution in [0.4, 0.5) is 0 Å². The van der Waals surface area contributed by atoms with E-state index in [0.29, 0.717) is 17.5 Å². The topological polar surface area (TPSA) is 43.6 Å². The molecule has 0 aliphatic carbocycles. The van der Waals surface area contributed by atoms with Crippen LogP contribution in [0.1, 0.15) is 0 Å². The van der Waals surface area contributed by atoms with Crippen molar-refractivity contribution in [3.05, 3.63) is 181 Å². The average Bonchev–Trinajstić information content (AvgIpc) is 3.55.